The van der Waals surface area contributed by atoms with Crippen molar-refractivity contribution in [1.29, 1.82) is 0 Å². The number of amides is 2. The number of anilines is 1. The Morgan fingerprint density at radius 2 is 2.16 bits per heavy atom. The van der Waals surface area contributed by atoms with Crippen molar-refractivity contribution in [2.75, 3.05) is 11.9 Å². The van der Waals surface area contributed by atoms with Crippen LogP contribution in [0.2, 0.25) is 0 Å². The highest BCUT2D eigenvalue weighted by Gasteiger charge is 2.23. The molecule has 1 atom stereocenters. The average molecular weight is 485 g/mol. The van der Waals surface area contributed by atoms with Gasteiger partial charge in [0.25, 0.3) is 5.91 Å². The fourth-order valence-electron chi connectivity index (χ4n) is 3.08. The number of esters is 1. The number of rotatable bonds is 7. The van der Waals surface area contributed by atoms with E-state index in [1.54, 1.807) is 11.6 Å². The molecule has 0 bridgehead atoms. The number of carbonyl (C=O) groups is 3. The van der Waals surface area contributed by atoms with Crippen molar-refractivity contribution < 1.29 is 23.5 Å². The Labute approximate surface area is 195 Å². The first-order valence-corrected chi connectivity index (χ1v) is 10.9. The van der Waals surface area contributed by atoms with E-state index in [1.807, 2.05) is 13.8 Å². The first-order valence-electron chi connectivity index (χ1n) is 10.1. The van der Waals surface area contributed by atoms with Crippen molar-refractivity contribution >= 4 is 47.2 Å². The topological polar surface area (TPSA) is 102 Å². The zero-order chi connectivity index (χ0) is 22.4. The van der Waals surface area contributed by atoms with Gasteiger partial charge in [0.05, 0.1) is 5.69 Å². The van der Waals surface area contributed by atoms with Crippen molar-refractivity contribution in [3.05, 3.63) is 46.0 Å². The van der Waals surface area contributed by atoms with Gasteiger partial charge in [0, 0.05) is 23.6 Å². The Bertz CT molecular complexity index is 1030. The molecular weight excluding hydrogens is 459 g/mol. The molecule has 1 fully saturated rings. The summed E-state index contributed by atoms with van der Waals surface area (Å²) < 4.78 is 21.2. The zero-order valence-electron chi connectivity index (χ0n) is 17.8. The van der Waals surface area contributed by atoms with Crippen LogP contribution in [0, 0.1) is 11.7 Å². The Morgan fingerprint density at radius 1 is 1.38 bits per heavy atom. The molecule has 0 spiro atoms. The van der Waals surface area contributed by atoms with Crippen LogP contribution < -0.4 is 15.4 Å². The number of halogens is 2. The van der Waals surface area contributed by atoms with Gasteiger partial charge >= 0.3 is 5.97 Å². The molecule has 1 aliphatic rings. The number of hydrogen-bond donors (Lipinski definition) is 2. The molecule has 1 aliphatic heterocycles. The molecule has 0 saturated carbocycles. The number of carbonyl (C=O) groups excluding carboxylic acids is 3. The van der Waals surface area contributed by atoms with Crippen LogP contribution >= 0.6 is 23.7 Å². The minimum Gasteiger partial charge on any atom is -0.443 e. The summed E-state index contributed by atoms with van der Waals surface area (Å²) in [6, 6.07) is 3.49. The molecule has 2 amide bonds. The first-order chi connectivity index (χ1) is 14.8. The van der Waals surface area contributed by atoms with Gasteiger partial charge < -0.3 is 15.4 Å². The van der Waals surface area contributed by atoms with Gasteiger partial charge in [0.15, 0.2) is 11.5 Å². The van der Waals surface area contributed by atoms with Crippen molar-refractivity contribution in [2.45, 2.75) is 45.9 Å². The van der Waals surface area contributed by atoms with Crippen molar-refractivity contribution in [1.82, 2.24) is 9.88 Å². The van der Waals surface area contributed by atoms with Gasteiger partial charge in [-0.25, -0.2) is 4.39 Å². The summed E-state index contributed by atoms with van der Waals surface area (Å²) in [4.78, 5) is 40.7. The van der Waals surface area contributed by atoms with Crippen LogP contribution in [0.4, 0.5) is 10.1 Å². The quantitative estimate of drug-likeness (QED) is 0.588. The predicted molar refractivity (Wildman–Crippen MR) is 121 cm³/mol. The van der Waals surface area contributed by atoms with Crippen molar-refractivity contribution in [3.63, 3.8) is 0 Å². The van der Waals surface area contributed by atoms with E-state index >= 15 is 0 Å². The molecule has 8 nitrogen and oxygen atoms in total. The van der Waals surface area contributed by atoms with E-state index in [0.29, 0.717) is 4.80 Å². The average Bonchev–Trinajstić information content (AvgIpc) is 3.39. The molecular formula is C21H26ClFN4O4S. The molecule has 1 aromatic heterocycles. The van der Waals surface area contributed by atoms with Gasteiger partial charge in [0.2, 0.25) is 5.91 Å². The van der Waals surface area contributed by atoms with Crippen LogP contribution in [0.15, 0.2) is 34.8 Å². The maximum Gasteiger partial charge on any atom is 0.324 e. The Kier molecular flexibility index (Phi) is 9.55. The molecule has 2 N–H and O–H groups in total. The van der Waals surface area contributed by atoms with E-state index < -0.39 is 11.7 Å². The summed E-state index contributed by atoms with van der Waals surface area (Å²) in [5.41, 5.74) is 0.0623. The molecule has 32 heavy (non-hydrogen) atoms. The lowest BCUT2D eigenvalue weighted by molar-refractivity contribution is -0.149. The van der Waals surface area contributed by atoms with Crippen LogP contribution in [0.25, 0.3) is 0 Å². The second-order valence-electron chi connectivity index (χ2n) is 7.65. The zero-order valence-corrected chi connectivity index (χ0v) is 19.4. The van der Waals surface area contributed by atoms with Crippen LogP contribution in [0.3, 0.4) is 0 Å². The molecule has 174 valence electrons. The maximum atomic E-state index is 14.3. The number of nitrogens with zero attached hydrogens (tertiary/aromatic N) is 2. The van der Waals surface area contributed by atoms with Gasteiger partial charge in [-0.1, -0.05) is 13.8 Å². The third-order valence-corrected chi connectivity index (χ3v) is 5.43. The fourth-order valence-corrected chi connectivity index (χ4v) is 3.79. The summed E-state index contributed by atoms with van der Waals surface area (Å²) in [7, 11) is 0. The van der Waals surface area contributed by atoms with E-state index in [0.717, 1.165) is 25.5 Å². The highest BCUT2D eigenvalue weighted by Crippen LogP contribution is 2.17. The monoisotopic (exact) mass is 484 g/mol. The highest BCUT2D eigenvalue weighted by molar-refractivity contribution is 7.07. The third kappa shape index (κ3) is 6.98. The van der Waals surface area contributed by atoms with Gasteiger partial charge in [-0.2, -0.15) is 4.99 Å². The smallest absolute Gasteiger partial charge is 0.324 e. The number of thiazole rings is 1. The summed E-state index contributed by atoms with van der Waals surface area (Å²) in [5, 5.41) is 7.28. The molecule has 0 unspecified atom stereocenters. The molecule has 1 aromatic carbocycles. The Balaban J connectivity index is 0.00000363. The lowest BCUT2D eigenvalue weighted by Crippen LogP contribution is -2.33. The number of ether oxygens (including phenoxy) is 1. The van der Waals surface area contributed by atoms with Gasteiger partial charge in [-0.05, 0) is 43.5 Å². The lowest BCUT2D eigenvalue weighted by atomic mass is 10.1. The molecule has 3 rings (SSSR count). The van der Waals surface area contributed by atoms with E-state index in [4.69, 9.17) is 4.74 Å². The van der Waals surface area contributed by atoms with Crippen molar-refractivity contribution in [2.24, 2.45) is 10.9 Å². The van der Waals surface area contributed by atoms with Crippen LogP contribution in [0.1, 0.15) is 43.5 Å². The number of aromatic nitrogens is 1. The summed E-state index contributed by atoms with van der Waals surface area (Å²) >= 11 is 1.20. The van der Waals surface area contributed by atoms with E-state index in [2.05, 4.69) is 15.6 Å². The number of benzene rings is 1. The van der Waals surface area contributed by atoms with Crippen LogP contribution in [0.5, 0.6) is 0 Å². The van der Waals surface area contributed by atoms with Gasteiger partial charge in [-0.15, -0.1) is 23.7 Å². The minimum absolute atomic E-state index is 0. The second-order valence-corrected chi connectivity index (χ2v) is 8.53. The van der Waals surface area contributed by atoms with E-state index in [9.17, 15) is 18.8 Å². The molecule has 2 heterocycles. The second kappa shape index (κ2) is 11.9. The third-order valence-electron chi connectivity index (χ3n) is 4.63. The predicted octanol–water partition coefficient (Wildman–Crippen LogP) is 3.09. The van der Waals surface area contributed by atoms with E-state index in [1.165, 1.54) is 28.0 Å². The molecule has 2 aromatic rings. The summed E-state index contributed by atoms with van der Waals surface area (Å²) in [6.45, 7) is 4.50. The fraction of sp³-hybridized carbons (Fsp3) is 0.429. The number of nitrogens with one attached hydrogen (secondary N) is 2. The molecule has 11 heteroatoms. The largest absolute Gasteiger partial charge is 0.443 e. The first kappa shape index (κ1) is 25.7. The standard InChI is InChI=1S/C21H25FN4O4S.ClH/c1-13(2)10-18(27)24-16-6-5-14(11-15(16)22)19(28)25-21-26(8-9-31-21)12-30-20(29)17-4-3-7-23-17;/h5-6,8-9,11,13,17,23H,3-4,7,10,12H2,1-2H3,(H,24,27);1H/b25-21-;/t17-;/m0./s1. The van der Waals surface area contributed by atoms with E-state index in [-0.39, 0.29) is 60.6 Å². The summed E-state index contributed by atoms with van der Waals surface area (Å²) in [6.07, 6.45) is 3.59. The van der Waals surface area contributed by atoms with Crippen LogP contribution in [-0.2, 0) is 21.1 Å². The Hall–Kier alpha value is -2.56. The highest BCUT2D eigenvalue weighted by atomic mass is 35.5. The molecule has 1 saturated heterocycles. The molecule has 0 radical (unpaired) electrons. The SMILES string of the molecule is CC(C)CC(=O)Nc1ccc(C(=O)/N=c2\sccn2COC(=O)[C@@H]2CCCN2)cc1F.Cl. The van der Waals surface area contributed by atoms with Gasteiger partial charge in [0.1, 0.15) is 11.9 Å². The van der Waals surface area contributed by atoms with Gasteiger partial charge in [-0.3, -0.25) is 19.0 Å². The maximum absolute atomic E-state index is 14.3. The minimum atomic E-state index is -0.713. The number of hydrogen-bond acceptors (Lipinski definition) is 6. The van der Waals surface area contributed by atoms with Crippen LogP contribution in [-0.4, -0.2) is 34.9 Å². The lowest BCUT2D eigenvalue weighted by Gasteiger charge is -2.10. The molecule has 0 aliphatic carbocycles. The summed E-state index contributed by atoms with van der Waals surface area (Å²) in [5.74, 6) is -1.84. The normalized spacial score (nSPS) is 16.0. The van der Waals surface area contributed by atoms with Crippen molar-refractivity contribution in [3.8, 4) is 0 Å². The Morgan fingerprint density at radius 3 is 2.81 bits per heavy atom.